The summed E-state index contributed by atoms with van der Waals surface area (Å²) in [5, 5.41) is 9.12. The van der Waals surface area contributed by atoms with Crippen LogP contribution in [0.25, 0.3) is 5.69 Å². The SMILES string of the molecule is O=C(CCCn1cccn1)N1CCC2(CC1)OCCc1cn(-c3ccccc3)nc12. The van der Waals surface area contributed by atoms with Crippen molar-refractivity contribution >= 4 is 5.91 Å². The van der Waals surface area contributed by atoms with Gasteiger partial charge in [-0.2, -0.15) is 10.2 Å². The molecule has 1 aromatic carbocycles. The van der Waals surface area contributed by atoms with Crippen LogP contribution in [0, 0.1) is 0 Å². The van der Waals surface area contributed by atoms with Gasteiger partial charge in [-0.1, -0.05) is 18.2 Å². The van der Waals surface area contributed by atoms with Crippen LogP contribution in [0.1, 0.15) is 36.9 Å². The Balaban J connectivity index is 1.24. The average Bonchev–Trinajstić information content (AvgIpc) is 3.46. The van der Waals surface area contributed by atoms with Gasteiger partial charge >= 0.3 is 0 Å². The zero-order valence-corrected chi connectivity index (χ0v) is 17.1. The molecule has 1 amide bonds. The third-order valence-corrected chi connectivity index (χ3v) is 6.25. The van der Waals surface area contributed by atoms with Gasteiger partial charge in [-0.25, -0.2) is 4.68 Å². The standard InChI is InChI=1S/C23H27N5O2/c29-21(8-4-13-27-14-5-12-24-27)26-15-10-23(11-16-26)22-19(9-17-30-23)18-28(25-22)20-6-2-1-3-7-20/h1-3,5-7,12,14,18H,4,8-11,13,15-17H2. The van der Waals surface area contributed by atoms with Crippen molar-refractivity contribution in [2.75, 3.05) is 19.7 Å². The van der Waals surface area contributed by atoms with Crippen LogP contribution >= 0.6 is 0 Å². The Morgan fingerprint density at radius 2 is 1.97 bits per heavy atom. The molecule has 0 unspecified atom stereocenters. The van der Waals surface area contributed by atoms with E-state index in [0.717, 1.165) is 56.7 Å². The third kappa shape index (κ3) is 3.65. The maximum atomic E-state index is 12.7. The molecule has 3 aromatic rings. The number of aryl methyl sites for hydroxylation is 1. The summed E-state index contributed by atoms with van der Waals surface area (Å²) in [5.74, 6) is 0.225. The molecule has 0 radical (unpaired) electrons. The fraction of sp³-hybridized carbons (Fsp3) is 0.435. The van der Waals surface area contributed by atoms with Crippen molar-refractivity contribution in [1.82, 2.24) is 24.5 Å². The van der Waals surface area contributed by atoms with Gasteiger partial charge in [0.2, 0.25) is 5.91 Å². The molecule has 156 valence electrons. The maximum absolute atomic E-state index is 12.7. The van der Waals surface area contributed by atoms with Gasteiger partial charge in [0.15, 0.2) is 0 Å². The first kappa shape index (κ1) is 19.1. The predicted molar refractivity (Wildman–Crippen MR) is 112 cm³/mol. The average molecular weight is 406 g/mol. The Labute approximate surface area is 176 Å². The van der Waals surface area contributed by atoms with E-state index in [-0.39, 0.29) is 11.5 Å². The summed E-state index contributed by atoms with van der Waals surface area (Å²) in [6.07, 6.45) is 9.70. The van der Waals surface area contributed by atoms with E-state index in [1.54, 1.807) is 6.20 Å². The summed E-state index contributed by atoms with van der Waals surface area (Å²) >= 11 is 0. The van der Waals surface area contributed by atoms with Gasteiger partial charge in [0.1, 0.15) is 5.60 Å². The molecule has 1 saturated heterocycles. The van der Waals surface area contributed by atoms with Crippen LogP contribution in [0.5, 0.6) is 0 Å². The molecule has 4 heterocycles. The highest BCUT2D eigenvalue weighted by Gasteiger charge is 2.44. The van der Waals surface area contributed by atoms with E-state index in [1.807, 2.05) is 44.7 Å². The van der Waals surface area contributed by atoms with Crippen LogP contribution < -0.4 is 0 Å². The lowest BCUT2D eigenvalue weighted by Gasteiger charge is -2.43. The molecule has 2 aliphatic rings. The minimum Gasteiger partial charge on any atom is -0.368 e. The van der Waals surface area contributed by atoms with Crippen molar-refractivity contribution in [2.24, 2.45) is 0 Å². The molecule has 0 saturated carbocycles. The molecule has 30 heavy (non-hydrogen) atoms. The molecule has 0 N–H and O–H groups in total. The lowest BCUT2D eigenvalue weighted by Crippen LogP contribution is -2.48. The molecule has 0 aliphatic carbocycles. The van der Waals surface area contributed by atoms with Crippen LogP contribution in [-0.2, 0) is 28.1 Å². The zero-order chi connectivity index (χ0) is 20.4. The second-order valence-electron chi connectivity index (χ2n) is 8.13. The number of piperidine rings is 1. The third-order valence-electron chi connectivity index (χ3n) is 6.25. The number of aromatic nitrogens is 4. The molecule has 2 aromatic heterocycles. The van der Waals surface area contributed by atoms with Crippen LogP contribution in [0.3, 0.4) is 0 Å². The Hall–Kier alpha value is -2.93. The van der Waals surface area contributed by atoms with Crippen LogP contribution in [0.2, 0.25) is 0 Å². The van der Waals surface area contributed by atoms with Crippen LogP contribution in [0.4, 0.5) is 0 Å². The maximum Gasteiger partial charge on any atom is 0.222 e. The van der Waals surface area contributed by atoms with E-state index in [1.165, 1.54) is 5.56 Å². The smallest absolute Gasteiger partial charge is 0.222 e. The van der Waals surface area contributed by atoms with Crippen LogP contribution in [0.15, 0.2) is 55.0 Å². The van der Waals surface area contributed by atoms with E-state index < -0.39 is 0 Å². The molecule has 1 spiro atoms. The van der Waals surface area contributed by atoms with Crippen LogP contribution in [-0.4, -0.2) is 50.1 Å². The normalized spacial score (nSPS) is 17.8. The molecular formula is C23H27N5O2. The first-order chi connectivity index (χ1) is 14.7. The van der Waals surface area contributed by atoms with Gasteiger partial charge in [-0.05, 0) is 49.4 Å². The van der Waals surface area contributed by atoms with Crippen molar-refractivity contribution in [3.63, 3.8) is 0 Å². The molecule has 7 nitrogen and oxygen atoms in total. The number of amides is 1. The second-order valence-corrected chi connectivity index (χ2v) is 8.13. The number of carbonyl (C=O) groups is 1. The fourth-order valence-electron chi connectivity index (χ4n) is 4.60. The first-order valence-electron chi connectivity index (χ1n) is 10.8. The second kappa shape index (κ2) is 8.07. The summed E-state index contributed by atoms with van der Waals surface area (Å²) in [6, 6.07) is 12.1. The largest absolute Gasteiger partial charge is 0.368 e. The number of hydrogen-bond acceptors (Lipinski definition) is 4. The number of benzene rings is 1. The van der Waals surface area contributed by atoms with Crippen molar-refractivity contribution in [2.45, 2.75) is 44.2 Å². The number of rotatable bonds is 5. The number of hydrogen-bond donors (Lipinski definition) is 0. The highest BCUT2D eigenvalue weighted by molar-refractivity contribution is 5.76. The Kier molecular flexibility index (Phi) is 5.12. The number of fused-ring (bicyclic) bond motifs is 2. The lowest BCUT2D eigenvalue weighted by molar-refractivity contribution is -0.141. The number of nitrogens with zero attached hydrogens (tertiary/aromatic N) is 5. The molecule has 1 fully saturated rings. The molecule has 5 rings (SSSR count). The number of likely N-dealkylation sites (tertiary alicyclic amines) is 1. The molecule has 7 heteroatoms. The minimum absolute atomic E-state index is 0.225. The van der Waals surface area contributed by atoms with Gasteiger partial charge in [0.25, 0.3) is 0 Å². The van der Waals surface area contributed by atoms with Gasteiger partial charge in [0, 0.05) is 44.6 Å². The Bertz CT molecular complexity index is 988. The zero-order valence-electron chi connectivity index (χ0n) is 17.1. The van der Waals surface area contributed by atoms with Gasteiger partial charge in [-0.15, -0.1) is 0 Å². The molecular weight excluding hydrogens is 378 g/mol. The Morgan fingerprint density at radius 1 is 1.13 bits per heavy atom. The minimum atomic E-state index is -0.362. The number of carbonyl (C=O) groups excluding carboxylic acids is 1. The lowest BCUT2D eigenvalue weighted by atomic mass is 9.83. The van der Waals surface area contributed by atoms with Gasteiger partial charge < -0.3 is 9.64 Å². The van der Waals surface area contributed by atoms with Gasteiger partial charge in [0.05, 0.1) is 18.0 Å². The number of para-hydroxylation sites is 1. The predicted octanol–water partition coefficient (Wildman–Crippen LogP) is 2.94. The van der Waals surface area contributed by atoms with Crippen molar-refractivity contribution in [3.05, 3.63) is 66.2 Å². The highest BCUT2D eigenvalue weighted by Crippen LogP contribution is 2.41. The van der Waals surface area contributed by atoms with E-state index in [2.05, 4.69) is 23.4 Å². The van der Waals surface area contributed by atoms with Crippen molar-refractivity contribution in [3.8, 4) is 5.69 Å². The fourth-order valence-corrected chi connectivity index (χ4v) is 4.60. The summed E-state index contributed by atoms with van der Waals surface area (Å²) in [4.78, 5) is 14.7. The van der Waals surface area contributed by atoms with Gasteiger partial charge in [-0.3, -0.25) is 9.48 Å². The Morgan fingerprint density at radius 3 is 2.73 bits per heavy atom. The van der Waals surface area contributed by atoms with E-state index in [9.17, 15) is 4.79 Å². The van der Waals surface area contributed by atoms with Crippen molar-refractivity contribution in [1.29, 1.82) is 0 Å². The summed E-state index contributed by atoms with van der Waals surface area (Å²) in [5.41, 5.74) is 3.03. The van der Waals surface area contributed by atoms with E-state index >= 15 is 0 Å². The molecule has 2 aliphatic heterocycles. The van der Waals surface area contributed by atoms with Crippen molar-refractivity contribution < 1.29 is 9.53 Å². The van der Waals surface area contributed by atoms with E-state index in [0.29, 0.717) is 13.0 Å². The molecule has 0 atom stereocenters. The van der Waals surface area contributed by atoms with E-state index in [4.69, 9.17) is 9.84 Å². The quantitative estimate of drug-likeness (QED) is 0.655. The monoisotopic (exact) mass is 405 g/mol. The molecule has 0 bridgehead atoms. The number of ether oxygens (including phenoxy) is 1. The first-order valence-corrected chi connectivity index (χ1v) is 10.8. The summed E-state index contributed by atoms with van der Waals surface area (Å²) in [7, 11) is 0. The topological polar surface area (TPSA) is 65.2 Å². The highest BCUT2D eigenvalue weighted by atomic mass is 16.5. The summed E-state index contributed by atoms with van der Waals surface area (Å²) in [6.45, 7) is 2.93. The summed E-state index contributed by atoms with van der Waals surface area (Å²) < 4.78 is 10.2.